The van der Waals surface area contributed by atoms with Gasteiger partial charge in [-0.05, 0) is 37.3 Å². The number of phenolic OH excluding ortho intramolecular Hbond substituents is 1. The van der Waals surface area contributed by atoms with Crippen LogP contribution in [0.1, 0.15) is 26.3 Å². The SMILES string of the molecule is Cc1c(O)cccc1C(=O)Nc1cc(C(=O)O)ccc1F. The molecule has 0 spiro atoms. The molecule has 21 heavy (non-hydrogen) atoms. The van der Waals surface area contributed by atoms with Crippen LogP contribution in [0, 0.1) is 12.7 Å². The van der Waals surface area contributed by atoms with E-state index in [1.165, 1.54) is 18.2 Å². The van der Waals surface area contributed by atoms with Crippen molar-refractivity contribution in [3.63, 3.8) is 0 Å². The molecule has 2 rings (SSSR count). The van der Waals surface area contributed by atoms with Gasteiger partial charge in [-0.1, -0.05) is 6.07 Å². The predicted octanol–water partition coefficient (Wildman–Crippen LogP) is 2.79. The number of amides is 1. The number of aromatic hydroxyl groups is 1. The van der Waals surface area contributed by atoms with E-state index in [-0.39, 0.29) is 22.6 Å². The molecule has 2 aromatic rings. The largest absolute Gasteiger partial charge is 0.508 e. The number of carboxylic acid groups (broad SMARTS) is 1. The zero-order valence-electron chi connectivity index (χ0n) is 11.1. The van der Waals surface area contributed by atoms with Gasteiger partial charge in [0, 0.05) is 11.1 Å². The number of rotatable bonds is 3. The number of aromatic carboxylic acids is 1. The Bertz CT molecular complexity index is 728. The first-order valence-corrected chi connectivity index (χ1v) is 6.03. The molecule has 3 N–H and O–H groups in total. The van der Waals surface area contributed by atoms with E-state index in [4.69, 9.17) is 5.11 Å². The van der Waals surface area contributed by atoms with Crippen molar-refractivity contribution in [3.8, 4) is 5.75 Å². The summed E-state index contributed by atoms with van der Waals surface area (Å²) in [7, 11) is 0. The maximum atomic E-state index is 13.6. The molecule has 0 aliphatic rings. The average molecular weight is 289 g/mol. The van der Waals surface area contributed by atoms with Gasteiger partial charge in [0.25, 0.3) is 5.91 Å². The van der Waals surface area contributed by atoms with Gasteiger partial charge in [0.1, 0.15) is 11.6 Å². The van der Waals surface area contributed by atoms with Gasteiger partial charge >= 0.3 is 5.97 Å². The lowest BCUT2D eigenvalue weighted by molar-refractivity contribution is 0.0696. The number of hydrogen-bond donors (Lipinski definition) is 3. The number of carboxylic acids is 1. The highest BCUT2D eigenvalue weighted by atomic mass is 19.1. The van der Waals surface area contributed by atoms with Crippen LogP contribution in [0.3, 0.4) is 0 Å². The van der Waals surface area contributed by atoms with Crippen molar-refractivity contribution < 1.29 is 24.2 Å². The third-order valence-electron chi connectivity index (χ3n) is 3.01. The van der Waals surface area contributed by atoms with Gasteiger partial charge in [-0.25, -0.2) is 9.18 Å². The van der Waals surface area contributed by atoms with Gasteiger partial charge < -0.3 is 15.5 Å². The molecule has 0 saturated heterocycles. The number of anilines is 1. The van der Waals surface area contributed by atoms with Crippen LogP contribution in [-0.2, 0) is 0 Å². The number of nitrogens with one attached hydrogen (secondary N) is 1. The highest BCUT2D eigenvalue weighted by Gasteiger charge is 2.15. The van der Waals surface area contributed by atoms with Gasteiger partial charge in [0.05, 0.1) is 11.3 Å². The van der Waals surface area contributed by atoms with Crippen LogP contribution < -0.4 is 5.32 Å². The van der Waals surface area contributed by atoms with Crippen LogP contribution in [0.15, 0.2) is 36.4 Å². The Balaban J connectivity index is 2.33. The summed E-state index contributed by atoms with van der Waals surface area (Å²) < 4.78 is 13.6. The normalized spacial score (nSPS) is 10.2. The molecule has 6 heteroatoms. The van der Waals surface area contributed by atoms with E-state index in [1.54, 1.807) is 6.92 Å². The number of benzene rings is 2. The molecule has 0 saturated carbocycles. The summed E-state index contributed by atoms with van der Waals surface area (Å²) in [5.41, 5.74) is 0.155. The van der Waals surface area contributed by atoms with E-state index in [0.717, 1.165) is 18.2 Å². The Hall–Kier alpha value is -2.89. The van der Waals surface area contributed by atoms with Crippen LogP contribution in [0.2, 0.25) is 0 Å². The van der Waals surface area contributed by atoms with Crippen LogP contribution in [-0.4, -0.2) is 22.1 Å². The minimum Gasteiger partial charge on any atom is -0.508 e. The molecule has 0 aliphatic carbocycles. The van der Waals surface area contributed by atoms with Crippen LogP contribution in [0.25, 0.3) is 0 Å². The molecule has 0 atom stereocenters. The third kappa shape index (κ3) is 3.00. The highest BCUT2D eigenvalue weighted by Crippen LogP contribution is 2.22. The smallest absolute Gasteiger partial charge is 0.335 e. The fraction of sp³-hybridized carbons (Fsp3) is 0.0667. The summed E-state index contributed by atoms with van der Waals surface area (Å²) in [6.45, 7) is 1.55. The minimum atomic E-state index is -1.22. The topological polar surface area (TPSA) is 86.6 Å². The summed E-state index contributed by atoms with van der Waals surface area (Å²) in [6.07, 6.45) is 0. The van der Waals surface area contributed by atoms with Crippen molar-refractivity contribution in [1.29, 1.82) is 0 Å². The predicted molar refractivity (Wildman–Crippen MR) is 74.2 cm³/mol. The Kier molecular flexibility index (Phi) is 3.89. The molecule has 1 amide bonds. The van der Waals surface area contributed by atoms with Gasteiger partial charge in [-0.3, -0.25) is 4.79 Å². The first-order chi connectivity index (χ1) is 9.90. The van der Waals surface area contributed by atoms with Crippen LogP contribution >= 0.6 is 0 Å². The van der Waals surface area contributed by atoms with Gasteiger partial charge in [0.2, 0.25) is 0 Å². The number of carbonyl (C=O) groups excluding carboxylic acids is 1. The maximum absolute atomic E-state index is 13.6. The Morgan fingerprint density at radius 2 is 1.90 bits per heavy atom. The Morgan fingerprint density at radius 3 is 2.57 bits per heavy atom. The molecule has 0 aliphatic heterocycles. The standard InChI is InChI=1S/C15H12FNO4/c1-8-10(3-2-4-13(8)18)14(19)17-12-7-9(15(20)21)5-6-11(12)16/h2-7,18H,1H3,(H,17,19)(H,20,21). The number of phenols is 1. The summed E-state index contributed by atoms with van der Waals surface area (Å²) in [5, 5.41) is 20.7. The molecule has 0 unspecified atom stereocenters. The van der Waals surface area contributed by atoms with E-state index in [0.29, 0.717) is 5.56 Å². The summed E-state index contributed by atoms with van der Waals surface area (Å²) in [4.78, 5) is 22.9. The van der Waals surface area contributed by atoms with Crippen LogP contribution in [0.5, 0.6) is 5.75 Å². The second-order valence-electron chi connectivity index (χ2n) is 4.40. The van der Waals surface area contributed by atoms with Crippen LogP contribution in [0.4, 0.5) is 10.1 Å². The summed E-state index contributed by atoms with van der Waals surface area (Å²) in [5.74, 6) is -2.66. The van der Waals surface area contributed by atoms with Gasteiger partial charge in [0.15, 0.2) is 0 Å². The Morgan fingerprint density at radius 1 is 1.19 bits per heavy atom. The summed E-state index contributed by atoms with van der Waals surface area (Å²) in [6, 6.07) is 7.50. The number of halogens is 1. The van der Waals surface area contributed by atoms with E-state index >= 15 is 0 Å². The quantitative estimate of drug-likeness (QED) is 0.811. The molecular weight excluding hydrogens is 277 g/mol. The molecule has 0 fully saturated rings. The third-order valence-corrected chi connectivity index (χ3v) is 3.01. The van der Waals surface area contributed by atoms with Crippen molar-refractivity contribution in [2.75, 3.05) is 5.32 Å². The lowest BCUT2D eigenvalue weighted by Gasteiger charge is -2.10. The lowest BCUT2D eigenvalue weighted by atomic mass is 10.1. The van der Waals surface area contributed by atoms with E-state index in [2.05, 4.69) is 5.32 Å². The second kappa shape index (κ2) is 5.62. The van der Waals surface area contributed by atoms with Crippen molar-refractivity contribution in [2.45, 2.75) is 6.92 Å². The van der Waals surface area contributed by atoms with Crippen molar-refractivity contribution in [3.05, 3.63) is 58.9 Å². The first-order valence-electron chi connectivity index (χ1n) is 6.03. The molecule has 2 aromatic carbocycles. The molecule has 0 aromatic heterocycles. The van der Waals surface area contributed by atoms with E-state index < -0.39 is 17.7 Å². The molecule has 108 valence electrons. The molecule has 0 radical (unpaired) electrons. The lowest BCUT2D eigenvalue weighted by Crippen LogP contribution is -2.15. The van der Waals surface area contributed by atoms with Gasteiger partial charge in [-0.2, -0.15) is 0 Å². The van der Waals surface area contributed by atoms with Crippen molar-refractivity contribution >= 4 is 17.6 Å². The minimum absolute atomic E-state index is 0.0533. The number of carbonyl (C=O) groups is 2. The fourth-order valence-corrected chi connectivity index (χ4v) is 1.81. The monoisotopic (exact) mass is 289 g/mol. The maximum Gasteiger partial charge on any atom is 0.335 e. The molecular formula is C15H12FNO4. The fourth-order valence-electron chi connectivity index (χ4n) is 1.81. The second-order valence-corrected chi connectivity index (χ2v) is 4.40. The highest BCUT2D eigenvalue weighted by molar-refractivity contribution is 6.06. The van der Waals surface area contributed by atoms with E-state index in [9.17, 15) is 19.1 Å². The Labute approximate surface area is 119 Å². The average Bonchev–Trinajstić information content (AvgIpc) is 2.43. The van der Waals surface area contributed by atoms with Crippen molar-refractivity contribution in [2.24, 2.45) is 0 Å². The van der Waals surface area contributed by atoms with Gasteiger partial charge in [-0.15, -0.1) is 0 Å². The molecule has 0 bridgehead atoms. The molecule has 5 nitrogen and oxygen atoms in total. The number of hydrogen-bond acceptors (Lipinski definition) is 3. The van der Waals surface area contributed by atoms with E-state index in [1.807, 2.05) is 0 Å². The molecule has 0 heterocycles. The zero-order chi connectivity index (χ0) is 15.6. The zero-order valence-corrected chi connectivity index (χ0v) is 11.1. The first kappa shape index (κ1) is 14.5. The summed E-state index contributed by atoms with van der Waals surface area (Å²) >= 11 is 0. The van der Waals surface area contributed by atoms with Crippen molar-refractivity contribution in [1.82, 2.24) is 0 Å².